The first kappa shape index (κ1) is 7.10. The van der Waals surface area contributed by atoms with Crippen LogP contribution in [0.15, 0.2) is 41.5 Å². The van der Waals surface area contributed by atoms with Crippen LogP contribution in [0, 0.1) is 6.92 Å². The maximum atomic E-state index is 11.2. The maximum Gasteiger partial charge on any atom is 0.185 e. The minimum absolute atomic E-state index is 0.0983. The molecule has 60 valence electrons. The lowest BCUT2D eigenvalue weighted by Gasteiger charge is -2.01. The van der Waals surface area contributed by atoms with E-state index in [4.69, 9.17) is 0 Å². The van der Waals surface area contributed by atoms with Gasteiger partial charge in [0.05, 0.1) is 5.52 Å². The molecule has 0 atom stereocenters. The third kappa shape index (κ3) is 0.925. The number of aryl methyl sites for hydroxylation is 1. The number of nitrogens with zero attached hydrogens (tertiary/aromatic N) is 1. The summed E-state index contributed by atoms with van der Waals surface area (Å²) in [6.07, 6.45) is 3.71. The first-order valence-corrected chi connectivity index (χ1v) is 3.85. The zero-order chi connectivity index (χ0) is 8.55. The van der Waals surface area contributed by atoms with Crippen LogP contribution in [0.25, 0.3) is 5.52 Å². The molecule has 0 radical (unpaired) electrons. The van der Waals surface area contributed by atoms with Gasteiger partial charge in [-0.3, -0.25) is 4.79 Å². The summed E-state index contributed by atoms with van der Waals surface area (Å²) < 4.78 is 1.94. The van der Waals surface area contributed by atoms with Crippen molar-refractivity contribution in [2.24, 2.45) is 0 Å². The van der Waals surface area contributed by atoms with Gasteiger partial charge in [-0.2, -0.15) is 0 Å². The predicted molar refractivity (Wildman–Crippen MR) is 48.4 cm³/mol. The lowest BCUT2D eigenvalue weighted by molar-refractivity contribution is 1.13. The molecule has 2 rings (SSSR count). The monoisotopic (exact) mass is 159 g/mol. The van der Waals surface area contributed by atoms with E-state index in [1.807, 2.05) is 35.7 Å². The summed E-state index contributed by atoms with van der Waals surface area (Å²) in [7, 11) is 0. The molecule has 0 aliphatic rings. The fourth-order valence-electron chi connectivity index (χ4n) is 1.30. The first-order valence-electron chi connectivity index (χ1n) is 3.85. The third-order valence-electron chi connectivity index (χ3n) is 2.03. The first-order chi connectivity index (χ1) is 5.79. The highest BCUT2D eigenvalue weighted by molar-refractivity contribution is 5.53. The van der Waals surface area contributed by atoms with E-state index >= 15 is 0 Å². The molecule has 0 amide bonds. The molecule has 2 heteroatoms. The van der Waals surface area contributed by atoms with Gasteiger partial charge in [0.2, 0.25) is 0 Å². The smallest absolute Gasteiger partial charge is 0.185 e. The largest absolute Gasteiger partial charge is 0.323 e. The second kappa shape index (κ2) is 2.48. The summed E-state index contributed by atoms with van der Waals surface area (Å²) in [5.74, 6) is 0. The van der Waals surface area contributed by atoms with Crippen molar-refractivity contribution in [2.45, 2.75) is 6.92 Å². The predicted octanol–water partition coefficient (Wildman–Crippen LogP) is 1.61. The van der Waals surface area contributed by atoms with E-state index in [2.05, 4.69) is 0 Å². The van der Waals surface area contributed by atoms with Crippen LogP contribution in [0.4, 0.5) is 0 Å². The highest BCUT2D eigenvalue weighted by Crippen LogP contribution is 2.03. The molecule has 0 N–H and O–H groups in total. The van der Waals surface area contributed by atoms with Crippen LogP contribution >= 0.6 is 0 Å². The van der Waals surface area contributed by atoms with Gasteiger partial charge in [-0.25, -0.2) is 0 Å². The Balaban J connectivity index is 3.01. The van der Waals surface area contributed by atoms with Crippen molar-refractivity contribution in [1.29, 1.82) is 0 Å². The molecule has 2 heterocycles. The molecule has 0 spiro atoms. The Kier molecular flexibility index (Phi) is 1.47. The summed E-state index contributed by atoms with van der Waals surface area (Å²) >= 11 is 0. The van der Waals surface area contributed by atoms with Crippen molar-refractivity contribution >= 4 is 5.52 Å². The molecule has 2 nitrogen and oxygen atoms in total. The Hall–Kier alpha value is -1.57. The molecule has 0 saturated heterocycles. The second-order valence-electron chi connectivity index (χ2n) is 2.80. The minimum Gasteiger partial charge on any atom is -0.323 e. The number of hydrogen-bond acceptors (Lipinski definition) is 1. The van der Waals surface area contributed by atoms with E-state index in [9.17, 15) is 4.79 Å². The van der Waals surface area contributed by atoms with Crippen LogP contribution < -0.4 is 5.43 Å². The number of fused-ring (bicyclic) bond motifs is 1. The van der Waals surface area contributed by atoms with Crippen molar-refractivity contribution in [3.63, 3.8) is 0 Å². The molecule has 12 heavy (non-hydrogen) atoms. The average molecular weight is 159 g/mol. The molecule has 2 aromatic rings. The van der Waals surface area contributed by atoms with Gasteiger partial charge < -0.3 is 4.40 Å². The quantitative estimate of drug-likeness (QED) is 0.572. The normalized spacial score (nSPS) is 10.4. The summed E-state index contributed by atoms with van der Waals surface area (Å²) in [5.41, 5.74) is 1.88. The van der Waals surface area contributed by atoms with Crippen LogP contribution in [0.3, 0.4) is 0 Å². The van der Waals surface area contributed by atoms with Gasteiger partial charge in [0, 0.05) is 24.0 Å². The van der Waals surface area contributed by atoms with Crippen molar-refractivity contribution in [3.8, 4) is 0 Å². The minimum atomic E-state index is 0.0983. The van der Waals surface area contributed by atoms with Crippen LogP contribution in [0.5, 0.6) is 0 Å². The molecule has 0 saturated carbocycles. The van der Waals surface area contributed by atoms with E-state index in [1.165, 1.54) is 0 Å². The molecule has 2 aromatic heterocycles. The second-order valence-corrected chi connectivity index (χ2v) is 2.80. The Bertz CT molecular complexity index is 470. The van der Waals surface area contributed by atoms with E-state index in [1.54, 1.807) is 12.3 Å². The van der Waals surface area contributed by atoms with Crippen molar-refractivity contribution < 1.29 is 0 Å². The average Bonchev–Trinajstić information content (AvgIpc) is 2.12. The SMILES string of the molecule is Cc1c(=O)ccn2ccccc12. The van der Waals surface area contributed by atoms with Gasteiger partial charge >= 0.3 is 0 Å². The Morgan fingerprint density at radius 3 is 2.83 bits per heavy atom. The summed E-state index contributed by atoms with van der Waals surface area (Å²) in [6.45, 7) is 1.84. The number of rotatable bonds is 0. The standard InChI is InChI=1S/C10H9NO/c1-8-9-4-2-3-6-11(9)7-5-10(8)12/h2-7H,1H3. The van der Waals surface area contributed by atoms with E-state index in [0.29, 0.717) is 0 Å². The third-order valence-corrected chi connectivity index (χ3v) is 2.03. The molecule has 0 unspecified atom stereocenters. The van der Waals surface area contributed by atoms with E-state index < -0.39 is 0 Å². The summed E-state index contributed by atoms with van der Waals surface area (Å²) in [6, 6.07) is 7.40. The van der Waals surface area contributed by atoms with Gasteiger partial charge in [0.25, 0.3) is 0 Å². The number of hydrogen-bond donors (Lipinski definition) is 0. The highest BCUT2D eigenvalue weighted by atomic mass is 16.1. The zero-order valence-corrected chi connectivity index (χ0v) is 6.82. The highest BCUT2D eigenvalue weighted by Gasteiger charge is 1.96. The summed E-state index contributed by atoms with van der Waals surface area (Å²) in [5, 5.41) is 0. The van der Waals surface area contributed by atoms with Crippen LogP contribution in [0.1, 0.15) is 5.56 Å². The van der Waals surface area contributed by atoms with Gasteiger partial charge in [-0.05, 0) is 19.1 Å². The maximum absolute atomic E-state index is 11.2. The van der Waals surface area contributed by atoms with Gasteiger partial charge in [-0.15, -0.1) is 0 Å². The lowest BCUT2D eigenvalue weighted by Crippen LogP contribution is -2.06. The topological polar surface area (TPSA) is 21.5 Å². The van der Waals surface area contributed by atoms with Crippen LogP contribution in [-0.2, 0) is 0 Å². The number of pyridine rings is 2. The molecule has 0 aromatic carbocycles. The van der Waals surface area contributed by atoms with Gasteiger partial charge in [-0.1, -0.05) is 6.07 Å². The van der Waals surface area contributed by atoms with Crippen LogP contribution in [0.2, 0.25) is 0 Å². The molecule has 0 aliphatic carbocycles. The van der Waals surface area contributed by atoms with Gasteiger partial charge in [0.1, 0.15) is 0 Å². The van der Waals surface area contributed by atoms with E-state index in [-0.39, 0.29) is 5.43 Å². The Morgan fingerprint density at radius 1 is 1.17 bits per heavy atom. The molecule has 0 bridgehead atoms. The molecule has 0 fully saturated rings. The van der Waals surface area contributed by atoms with Crippen molar-refractivity contribution in [3.05, 3.63) is 52.4 Å². The molecular weight excluding hydrogens is 150 g/mol. The van der Waals surface area contributed by atoms with Crippen molar-refractivity contribution in [2.75, 3.05) is 0 Å². The fraction of sp³-hybridized carbons (Fsp3) is 0.100. The molecule has 0 aliphatic heterocycles. The molecular formula is C10H9NO. The van der Waals surface area contributed by atoms with Gasteiger partial charge in [0.15, 0.2) is 5.43 Å². The van der Waals surface area contributed by atoms with E-state index in [0.717, 1.165) is 11.1 Å². The van der Waals surface area contributed by atoms with Crippen molar-refractivity contribution in [1.82, 2.24) is 4.40 Å². The fourth-order valence-corrected chi connectivity index (χ4v) is 1.30. The lowest BCUT2D eigenvalue weighted by atomic mass is 10.2. The Labute approximate surface area is 70.1 Å². The Morgan fingerprint density at radius 2 is 2.00 bits per heavy atom. The summed E-state index contributed by atoms with van der Waals surface area (Å²) in [4.78, 5) is 11.2. The van der Waals surface area contributed by atoms with Crippen LogP contribution in [-0.4, -0.2) is 4.40 Å². The number of aromatic nitrogens is 1. The zero-order valence-electron chi connectivity index (χ0n) is 6.82.